The van der Waals surface area contributed by atoms with Gasteiger partial charge in [-0.05, 0) is 26.3 Å². The number of nitrogens with zero attached hydrogens (tertiary/aromatic N) is 1. The highest BCUT2D eigenvalue weighted by Gasteiger charge is 2.13. The molecule has 0 spiro atoms. The monoisotopic (exact) mass is 218 g/mol. The summed E-state index contributed by atoms with van der Waals surface area (Å²) >= 11 is 0. The predicted octanol–water partition coefficient (Wildman–Crippen LogP) is 0.568. The molecule has 3 nitrogen and oxygen atoms in total. The number of nitrogens with two attached hydrogens (primary N) is 1. The molecule has 0 radical (unpaired) electrons. The second-order valence-corrected chi connectivity index (χ2v) is 5.86. The van der Waals surface area contributed by atoms with Crippen LogP contribution in [0.4, 0.5) is 0 Å². The Morgan fingerprint density at radius 2 is 2.00 bits per heavy atom. The lowest BCUT2D eigenvalue weighted by molar-refractivity contribution is 0.290. The maximum Gasteiger partial charge on any atom is 0.0363 e. The molecule has 1 rings (SSSR count). The van der Waals surface area contributed by atoms with Crippen molar-refractivity contribution in [2.45, 2.75) is 32.2 Å². The molecule has 1 aliphatic rings. The molecule has 0 aliphatic carbocycles. The summed E-state index contributed by atoms with van der Waals surface area (Å²) in [6.07, 6.45) is 3.57. The van der Waals surface area contributed by atoms with Crippen molar-refractivity contribution >= 4 is 10.8 Å². The number of unbranched alkanes of at least 4 members (excludes halogenated alkanes) is 1. The van der Waals surface area contributed by atoms with E-state index < -0.39 is 10.8 Å². The third kappa shape index (κ3) is 5.08. The predicted molar refractivity (Wildman–Crippen MR) is 61.8 cm³/mol. The molecule has 1 aliphatic heterocycles. The van der Waals surface area contributed by atoms with Crippen LogP contribution >= 0.6 is 0 Å². The minimum Gasteiger partial charge on any atom is -0.328 e. The van der Waals surface area contributed by atoms with Gasteiger partial charge in [-0.1, -0.05) is 6.42 Å². The Balaban J connectivity index is 1.99. The maximum absolute atomic E-state index is 11.1. The standard InChI is InChI=1S/C10H22N2OS/c1-10(11)4-2-3-5-12-6-8-14(13)9-7-12/h10H,2-9,11H2,1H3. The van der Waals surface area contributed by atoms with Gasteiger partial charge in [0.25, 0.3) is 0 Å². The normalized spacial score (nSPS) is 22.4. The fourth-order valence-corrected chi connectivity index (χ4v) is 2.83. The van der Waals surface area contributed by atoms with Crippen molar-refractivity contribution in [3.8, 4) is 0 Å². The van der Waals surface area contributed by atoms with Crippen LogP contribution in [0.2, 0.25) is 0 Å². The van der Waals surface area contributed by atoms with Crippen LogP contribution in [0.3, 0.4) is 0 Å². The van der Waals surface area contributed by atoms with Gasteiger partial charge in [-0.3, -0.25) is 4.21 Å². The summed E-state index contributed by atoms with van der Waals surface area (Å²) in [6, 6.07) is 0.337. The van der Waals surface area contributed by atoms with E-state index >= 15 is 0 Å². The maximum atomic E-state index is 11.1. The molecule has 0 saturated carbocycles. The average Bonchev–Trinajstić information content (AvgIpc) is 2.15. The molecular formula is C10H22N2OS. The Hall–Kier alpha value is 0.0700. The molecule has 84 valence electrons. The summed E-state index contributed by atoms with van der Waals surface area (Å²) in [5.41, 5.74) is 5.68. The first-order chi connectivity index (χ1) is 6.68. The Labute approximate surface area is 89.5 Å². The third-order valence-electron chi connectivity index (χ3n) is 2.65. The van der Waals surface area contributed by atoms with Crippen LogP contribution in [-0.2, 0) is 10.8 Å². The van der Waals surface area contributed by atoms with E-state index in [1.165, 1.54) is 12.8 Å². The van der Waals surface area contributed by atoms with Crippen molar-refractivity contribution < 1.29 is 4.21 Å². The van der Waals surface area contributed by atoms with Gasteiger partial charge in [0.1, 0.15) is 0 Å². The fraction of sp³-hybridized carbons (Fsp3) is 1.00. The first kappa shape index (κ1) is 12.1. The number of hydrogen-bond donors (Lipinski definition) is 1. The smallest absolute Gasteiger partial charge is 0.0363 e. The van der Waals surface area contributed by atoms with Crippen molar-refractivity contribution in [1.82, 2.24) is 4.90 Å². The van der Waals surface area contributed by atoms with Crippen LogP contribution in [-0.4, -0.2) is 46.3 Å². The van der Waals surface area contributed by atoms with E-state index in [0.717, 1.165) is 37.6 Å². The molecule has 0 aromatic carbocycles. The van der Waals surface area contributed by atoms with Gasteiger partial charge in [0.2, 0.25) is 0 Å². The Bertz CT molecular complexity index is 175. The van der Waals surface area contributed by atoms with Crippen molar-refractivity contribution in [3.63, 3.8) is 0 Å². The van der Waals surface area contributed by atoms with Crippen LogP contribution in [0.25, 0.3) is 0 Å². The Kier molecular flexibility index (Phi) is 5.67. The van der Waals surface area contributed by atoms with Gasteiger partial charge in [0.15, 0.2) is 0 Å². The topological polar surface area (TPSA) is 46.3 Å². The van der Waals surface area contributed by atoms with Gasteiger partial charge in [-0.2, -0.15) is 0 Å². The van der Waals surface area contributed by atoms with E-state index in [4.69, 9.17) is 5.73 Å². The van der Waals surface area contributed by atoms with Crippen LogP contribution in [0.1, 0.15) is 26.2 Å². The van der Waals surface area contributed by atoms with Gasteiger partial charge in [-0.15, -0.1) is 0 Å². The lowest BCUT2D eigenvalue weighted by atomic mass is 10.1. The molecule has 0 aromatic rings. The summed E-state index contributed by atoms with van der Waals surface area (Å²) < 4.78 is 11.1. The highest BCUT2D eigenvalue weighted by Crippen LogP contribution is 2.04. The first-order valence-corrected chi connectivity index (χ1v) is 7.00. The van der Waals surface area contributed by atoms with E-state index in [0.29, 0.717) is 6.04 Å². The zero-order valence-corrected chi connectivity index (χ0v) is 9.89. The molecule has 0 bridgehead atoms. The average molecular weight is 218 g/mol. The summed E-state index contributed by atoms with van der Waals surface area (Å²) in [6.45, 7) is 5.25. The summed E-state index contributed by atoms with van der Waals surface area (Å²) in [5, 5.41) is 0. The molecule has 1 fully saturated rings. The van der Waals surface area contributed by atoms with Crippen LogP contribution in [0, 0.1) is 0 Å². The lowest BCUT2D eigenvalue weighted by Crippen LogP contribution is -2.38. The number of hydrogen-bond acceptors (Lipinski definition) is 3. The van der Waals surface area contributed by atoms with Gasteiger partial charge in [0, 0.05) is 41.4 Å². The second kappa shape index (κ2) is 6.53. The fourth-order valence-electron chi connectivity index (χ4n) is 1.70. The second-order valence-electron chi connectivity index (χ2n) is 4.16. The van der Waals surface area contributed by atoms with E-state index in [2.05, 4.69) is 11.8 Å². The molecule has 1 atom stereocenters. The van der Waals surface area contributed by atoms with Crippen molar-refractivity contribution in [1.29, 1.82) is 0 Å². The summed E-state index contributed by atoms with van der Waals surface area (Å²) in [4.78, 5) is 2.42. The quantitative estimate of drug-likeness (QED) is 0.686. The molecule has 14 heavy (non-hydrogen) atoms. The zero-order valence-electron chi connectivity index (χ0n) is 9.08. The highest BCUT2D eigenvalue weighted by atomic mass is 32.2. The van der Waals surface area contributed by atoms with Crippen LogP contribution in [0.5, 0.6) is 0 Å². The molecule has 1 unspecified atom stereocenters. The molecule has 0 aromatic heterocycles. The minimum atomic E-state index is -0.537. The van der Waals surface area contributed by atoms with Gasteiger partial charge >= 0.3 is 0 Å². The summed E-state index contributed by atoms with van der Waals surface area (Å²) in [7, 11) is -0.537. The zero-order chi connectivity index (χ0) is 10.4. The molecule has 1 heterocycles. The minimum absolute atomic E-state index is 0.337. The first-order valence-electron chi connectivity index (χ1n) is 5.51. The van der Waals surface area contributed by atoms with Crippen molar-refractivity contribution in [3.05, 3.63) is 0 Å². The third-order valence-corrected chi connectivity index (χ3v) is 3.93. The molecule has 2 N–H and O–H groups in total. The Morgan fingerprint density at radius 3 is 2.57 bits per heavy atom. The summed E-state index contributed by atoms with van der Waals surface area (Å²) in [5.74, 6) is 1.74. The van der Waals surface area contributed by atoms with Crippen LogP contribution < -0.4 is 5.73 Å². The van der Waals surface area contributed by atoms with Crippen molar-refractivity contribution in [2.75, 3.05) is 31.1 Å². The van der Waals surface area contributed by atoms with Gasteiger partial charge in [-0.25, -0.2) is 0 Å². The largest absolute Gasteiger partial charge is 0.328 e. The van der Waals surface area contributed by atoms with E-state index in [1.807, 2.05) is 0 Å². The number of rotatable bonds is 5. The van der Waals surface area contributed by atoms with E-state index in [-0.39, 0.29) is 0 Å². The molecule has 1 saturated heterocycles. The van der Waals surface area contributed by atoms with Crippen molar-refractivity contribution in [2.24, 2.45) is 5.73 Å². The SMILES string of the molecule is CC(N)CCCCN1CCS(=O)CC1. The van der Waals surface area contributed by atoms with Gasteiger partial charge < -0.3 is 10.6 Å². The highest BCUT2D eigenvalue weighted by molar-refractivity contribution is 7.85. The molecule has 0 amide bonds. The Morgan fingerprint density at radius 1 is 1.36 bits per heavy atom. The van der Waals surface area contributed by atoms with Crippen LogP contribution in [0.15, 0.2) is 0 Å². The molecule has 4 heteroatoms. The van der Waals surface area contributed by atoms with Gasteiger partial charge in [0.05, 0.1) is 0 Å². The van der Waals surface area contributed by atoms with E-state index in [9.17, 15) is 4.21 Å². The lowest BCUT2D eigenvalue weighted by Gasteiger charge is -2.25. The molecular weight excluding hydrogens is 196 g/mol. The van der Waals surface area contributed by atoms with E-state index in [1.54, 1.807) is 0 Å².